The Hall–Kier alpha value is -0.700. The maximum Gasteiger partial charge on any atom is 0.279 e. The number of carbonyl (C=O) groups is 1. The van der Waals surface area contributed by atoms with Crippen molar-refractivity contribution in [3.8, 4) is 0 Å². The highest BCUT2D eigenvalue weighted by atomic mass is 32.2. The number of hydrogen-bond acceptors (Lipinski definition) is 4. The van der Waals surface area contributed by atoms with Gasteiger partial charge in [0.2, 0.25) is 5.91 Å². The summed E-state index contributed by atoms with van der Waals surface area (Å²) >= 11 is 0. The number of rotatable bonds is 8. The standard InChI is InChI=1S/C10H24N4O3S/c1-10(2,9(15)12-3)8-13-18(16,17)14(4)7-5-6-11/h13H,5-8,11H2,1-4H3,(H,12,15). The first kappa shape index (κ1) is 17.3. The van der Waals surface area contributed by atoms with E-state index in [9.17, 15) is 13.2 Å². The van der Waals surface area contributed by atoms with Crippen LogP contribution in [0.1, 0.15) is 20.3 Å². The van der Waals surface area contributed by atoms with Gasteiger partial charge in [-0.25, -0.2) is 4.72 Å². The van der Waals surface area contributed by atoms with E-state index in [1.54, 1.807) is 13.8 Å². The van der Waals surface area contributed by atoms with Crippen LogP contribution in [0.4, 0.5) is 0 Å². The van der Waals surface area contributed by atoms with Gasteiger partial charge in [0.25, 0.3) is 10.2 Å². The summed E-state index contributed by atoms with van der Waals surface area (Å²) in [5.74, 6) is -0.213. The van der Waals surface area contributed by atoms with E-state index in [0.29, 0.717) is 19.5 Å². The minimum atomic E-state index is -3.56. The van der Waals surface area contributed by atoms with Gasteiger partial charge in [-0.2, -0.15) is 12.7 Å². The van der Waals surface area contributed by atoms with Gasteiger partial charge >= 0.3 is 0 Å². The van der Waals surface area contributed by atoms with Crippen molar-refractivity contribution in [1.29, 1.82) is 0 Å². The second-order valence-corrected chi connectivity index (χ2v) is 6.62. The van der Waals surface area contributed by atoms with Crippen molar-refractivity contribution in [2.75, 3.05) is 33.7 Å². The van der Waals surface area contributed by atoms with Crippen molar-refractivity contribution in [1.82, 2.24) is 14.3 Å². The first-order chi connectivity index (χ1) is 8.17. The van der Waals surface area contributed by atoms with E-state index in [-0.39, 0.29) is 12.5 Å². The van der Waals surface area contributed by atoms with Crippen molar-refractivity contribution >= 4 is 16.1 Å². The number of hydrogen-bond donors (Lipinski definition) is 3. The van der Waals surface area contributed by atoms with Crippen LogP contribution in [0, 0.1) is 5.41 Å². The predicted octanol–water partition coefficient (Wildman–Crippen LogP) is -1.13. The monoisotopic (exact) mass is 280 g/mol. The Bertz CT molecular complexity index is 367. The largest absolute Gasteiger partial charge is 0.359 e. The Balaban J connectivity index is 4.47. The lowest BCUT2D eigenvalue weighted by Crippen LogP contribution is -2.47. The highest BCUT2D eigenvalue weighted by Crippen LogP contribution is 2.14. The second kappa shape index (κ2) is 7.03. The summed E-state index contributed by atoms with van der Waals surface area (Å²) in [6.45, 7) is 4.18. The van der Waals surface area contributed by atoms with Gasteiger partial charge in [-0.15, -0.1) is 0 Å². The van der Waals surface area contributed by atoms with Gasteiger partial charge in [-0.3, -0.25) is 4.79 Å². The molecule has 0 fully saturated rings. The topological polar surface area (TPSA) is 105 Å². The molecule has 1 amide bonds. The number of carbonyl (C=O) groups excluding carboxylic acids is 1. The third kappa shape index (κ3) is 5.30. The second-order valence-electron chi connectivity index (χ2n) is 4.75. The molecule has 0 aromatic rings. The summed E-state index contributed by atoms with van der Waals surface area (Å²) in [6.07, 6.45) is 0.594. The smallest absolute Gasteiger partial charge is 0.279 e. The molecule has 7 nitrogen and oxygen atoms in total. The first-order valence-electron chi connectivity index (χ1n) is 5.80. The van der Waals surface area contributed by atoms with Crippen LogP contribution in [0.5, 0.6) is 0 Å². The maximum absolute atomic E-state index is 11.8. The summed E-state index contributed by atoms with van der Waals surface area (Å²) in [5, 5.41) is 2.50. The molecule has 0 saturated carbocycles. The number of amides is 1. The van der Waals surface area contributed by atoms with Crippen LogP contribution >= 0.6 is 0 Å². The van der Waals surface area contributed by atoms with Crippen molar-refractivity contribution in [2.24, 2.45) is 11.1 Å². The van der Waals surface area contributed by atoms with E-state index in [2.05, 4.69) is 10.0 Å². The van der Waals surface area contributed by atoms with Crippen LogP contribution in [-0.4, -0.2) is 52.4 Å². The molecule has 0 aliphatic rings. The Morgan fingerprint density at radius 3 is 2.39 bits per heavy atom. The van der Waals surface area contributed by atoms with Gasteiger partial charge < -0.3 is 11.1 Å². The Kier molecular flexibility index (Phi) is 6.76. The zero-order chi connectivity index (χ0) is 14.4. The van der Waals surface area contributed by atoms with Crippen molar-refractivity contribution in [2.45, 2.75) is 20.3 Å². The fourth-order valence-electron chi connectivity index (χ4n) is 1.23. The molecule has 0 aliphatic heterocycles. The quantitative estimate of drug-likeness (QED) is 0.523. The van der Waals surface area contributed by atoms with Crippen LogP contribution in [-0.2, 0) is 15.0 Å². The SMILES string of the molecule is CNC(=O)C(C)(C)CNS(=O)(=O)N(C)CCCN. The van der Waals surface area contributed by atoms with Crippen LogP contribution in [0.2, 0.25) is 0 Å². The van der Waals surface area contributed by atoms with E-state index in [1.807, 2.05) is 0 Å². The van der Waals surface area contributed by atoms with Gasteiger partial charge in [0.15, 0.2) is 0 Å². The van der Waals surface area contributed by atoms with Crippen molar-refractivity contribution < 1.29 is 13.2 Å². The van der Waals surface area contributed by atoms with E-state index in [1.165, 1.54) is 18.4 Å². The predicted molar refractivity (Wildman–Crippen MR) is 71.1 cm³/mol. The molecule has 0 atom stereocenters. The van der Waals surface area contributed by atoms with Crippen LogP contribution < -0.4 is 15.8 Å². The Morgan fingerprint density at radius 2 is 1.94 bits per heavy atom. The molecule has 0 bridgehead atoms. The van der Waals surface area contributed by atoms with Gasteiger partial charge in [0, 0.05) is 27.2 Å². The van der Waals surface area contributed by atoms with E-state index in [4.69, 9.17) is 5.73 Å². The minimum Gasteiger partial charge on any atom is -0.359 e. The summed E-state index contributed by atoms with van der Waals surface area (Å²) < 4.78 is 27.3. The lowest BCUT2D eigenvalue weighted by Gasteiger charge is -2.25. The molecule has 0 radical (unpaired) electrons. The molecule has 0 aromatic carbocycles. The van der Waals surface area contributed by atoms with E-state index < -0.39 is 15.6 Å². The minimum absolute atomic E-state index is 0.0436. The van der Waals surface area contributed by atoms with Gasteiger partial charge in [0.05, 0.1) is 5.41 Å². The molecular weight excluding hydrogens is 256 g/mol. The molecular formula is C10H24N4O3S. The highest BCUT2D eigenvalue weighted by Gasteiger charge is 2.29. The van der Waals surface area contributed by atoms with E-state index in [0.717, 1.165) is 0 Å². The zero-order valence-electron chi connectivity index (χ0n) is 11.5. The molecule has 108 valence electrons. The van der Waals surface area contributed by atoms with Gasteiger partial charge in [-0.1, -0.05) is 0 Å². The fourth-order valence-corrected chi connectivity index (χ4v) is 2.37. The molecule has 0 unspecified atom stereocenters. The Labute approximate surface area is 109 Å². The van der Waals surface area contributed by atoms with Gasteiger partial charge in [-0.05, 0) is 26.8 Å². The lowest BCUT2D eigenvalue weighted by atomic mass is 9.93. The number of nitrogens with two attached hydrogens (primary N) is 1. The lowest BCUT2D eigenvalue weighted by molar-refractivity contribution is -0.128. The third-order valence-electron chi connectivity index (χ3n) is 2.63. The normalized spacial score (nSPS) is 12.8. The highest BCUT2D eigenvalue weighted by molar-refractivity contribution is 7.87. The molecule has 0 heterocycles. The molecule has 4 N–H and O–H groups in total. The van der Waals surface area contributed by atoms with Crippen LogP contribution in [0.25, 0.3) is 0 Å². The molecule has 0 spiro atoms. The molecule has 18 heavy (non-hydrogen) atoms. The molecule has 8 heteroatoms. The summed E-state index contributed by atoms with van der Waals surface area (Å²) in [6, 6.07) is 0. The van der Waals surface area contributed by atoms with Crippen LogP contribution in [0.15, 0.2) is 0 Å². The van der Waals surface area contributed by atoms with Crippen molar-refractivity contribution in [3.05, 3.63) is 0 Å². The zero-order valence-corrected chi connectivity index (χ0v) is 12.3. The first-order valence-corrected chi connectivity index (χ1v) is 7.24. The van der Waals surface area contributed by atoms with E-state index >= 15 is 0 Å². The van der Waals surface area contributed by atoms with Crippen LogP contribution in [0.3, 0.4) is 0 Å². The molecule has 0 saturated heterocycles. The summed E-state index contributed by atoms with van der Waals surface area (Å²) in [5.41, 5.74) is 4.53. The summed E-state index contributed by atoms with van der Waals surface area (Å²) in [7, 11) is -0.563. The third-order valence-corrected chi connectivity index (χ3v) is 4.14. The molecule has 0 rings (SSSR count). The average Bonchev–Trinajstić information content (AvgIpc) is 2.32. The molecule has 0 aromatic heterocycles. The average molecular weight is 280 g/mol. The number of nitrogens with one attached hydrogen (secondary N) is 2. The summed E-state index contributed by atoms with van der Waals surface area (Å²) in [4.78, 5) is 11.5. The molecule has 0 aliphatic carbocycles. The van der Waals surface area contributed by atoms with Gasteiger partial charge in [0.1, 0.15) is 0 Å². The maximum atomic E-state index is 11.8. The van der Waals surface area contributed by atoms with Crippen molar-refractivity contribution in [3.63, 3.8) is 0 Å². The number of nitrogens with zero attached hydrogens (tertiary/aromatic N) is 1. The Morgan fingerprint density at radius 1 is 1.39 bits per heavy atom. The fraction of sp³-hybridized carbons (Fsp3) is 0.900.